The van der Waals surface area contributed by atoms with Gasteiger partial charge in [0.25, 0.3) is 11.5 Å². The van der Waals surface area contributed by atoms with E-state index in [1.54, 1.807) is 37.3 Å². The lowest BCUT2D eigenvalue weighted by Crippen LogP contribution is -2.27. The number of halogens is 1. The molecule has 1 amide bonds. The molecular formula is C21H20ClN3O4. The number of ether oxygens (including phenoxy) is 1. The van der Waals surface area contributed by atoms with Crippen LogP contribution >= 0.6 is 11.6 Å². The highest BCUT2D eigenvalue weighted by Crippen LogP contribution is 2.27. The molecule has 0 atom stereocenters. The second kappa shape index (κ2) is 8.45. The topological polar surface area (TPSA) is 90.3 Å². The molecule has 0 aliphatic rings. The van der Waals surface area contributed by atoms with Crippen LogP contribution in [0.4, 0.5) is 5.69 Å². The molecule has 1 aromatic heterocycles. The van der Waals surface area contributed by atoms with E-state index in [1.807, 2.05) is 19.9 Å². The third kappa shape index (κ3) is 4.30. The fourth-order valence-corrected chi connectivity index (χ4v) is 3.42. The maximum atomic E-state index is 12.6. The van der Waals surface area contributed by atoms with E-state index in [4.69, 9.17) is 16.3 Å². The van der Waals surface area contributed by atoms with Crippen molar-refractivity contribution in [3.8, 4) is 0 Å². The fraction of sp³-hybridized carbons (Fsp3) is 0.238. The summed E-state index contributed by atoms with van der Waals surface area (Å²) in [6.07, 6.45) is 0. The maximum Gasteiger partial charge on any atom is 0.359 e. The van der Waals surface area contributed by atoms with Crippen molar-refractivity contribution in [2.24, 2.45) is 0 Å². The number of anilines is 1. The molecular weight excluding hydrogens is 394 g/mol. The van der Waals surface area contributed by atoms with Crippen LogP contribution in [0.25, 0.3) is 10.8 Å². The van der Waals surface area contributed by atoms with Crippen LogP contribution in [0.2, 0.25) is 5.02 Å². The highest BCUT2D eigenvalue weighted by Gasteiger charge is 2.19. The lowest BCUT2D eigenvalue weighted by molar-refractivity contribution is -0.119. The number of aromatic nitrogens is 2. The first-order valence-corrected chi connectivity index (χ1v) is 9.43. The molecule has 0 unspecified atom stereocenters. The average Bonchev–Trinajstić information content (AvgIpc) is 2.69. The first-order valence-electron chi connectivity index (χ1n) is 9.05. The van der Waals surface area contributed by atoms with Gasteiger partial charge < -0.3 is 10.1 Å². The number of amides is 1. The van der Waals surface area contributed by atoms with Crippen molar-refractivity contribution in [2.45, 2.75) is 27.3 Å². The zero-order valence-corrected chi connectivity index (χ0v) is 17.0. The van der Waals surface area contributed by atoms with E-state index in [2.05, 4.69) is 10.4 Å². The van der Waals surface area contributed by atoms with E-state index in [9.17, 15) is 14.4 Å². The van der Waals surface area contributed by atoms with E-state index in [0.29, 0.717) is 28.0 Å². The Balaban J connectivity index is 1.79. The second-order valence-corrected chi connectivity index (χ2v) is 6.99. The Morgan fingerprint density at radius 1 is 1.17 bits per heavy atom. The highest BCUT2D eigenvalue weighted by atomic mass is 35.5. The van der Waals surface area contributed by atoms with Gasteiger partial charge in [-0.2, -0.15) is 5.10 Å². The van der Waals surface area contributed by atoms with Crippen LogP contribution in [0.5, 0.6) is 0 Å². The number of nitrogens with zero attached hydrogens (tertiary/aromatic N) is 2. The third-order valence-corrected chi connectivity index (χ3v) is 4.69. The number of hydrogen-bond acceptors (Lipinski definition) is 5. The van der Waals surface area contributed by atoms with Crippen molar-refractivity contribution in [2.75, 3.05) is 11.9 Å². The summed E-state index contributed by atoms with van der Waals surface area (Å²) in [5.41, 5.74) is 1.95. The van der Waals surface area contributed by atoms with Crippen LogP contribution in [0, 0.1) is 13.8 Å². The van der Waals surface area contributed by atoms with Crippen LogP contribution in [-0.2, 0) is 16.1 Å². The summed E-state index contributed by atoms with van der Waals surface area (Å²) in [5, 5.41) is 7.90. The molecule has 150 valence electrons. The van der Waals surface area contributed by atoms with Crippen LogP contribution in [0.3, 0.4) is 0 Å². The number of benzene rings is 2. The number of rotatable bonds is 5. The third-order valence-electron chi connectivity index (χ3n) is 4.39. The van der Waals surface area contributed by atoms with Crippen molar-refractivity contribution in [3.05, 3.63) is 68.6 Å². The molecule has 29 heavy (non-hydrogen) atoms. The molecule has 0 aliphatic heterocycles. The first kappa shape index (κ1) is 20.5. The summed E-state index contributed by atoms with van der Waals surface area (Å²) in [7, 11) is 0. The molecule has 0 saturated heterocycles. The van der Waals surface area contributed by atoms with Gasteiger partial charge in [-0.05, 0) is 44.0 Å². The van der Waals surface area contributed by atoms with Gasteiger partial charge in [-0.25, -0.2) is 9.48 Å². The molecule has 1 heterocycles. The molecule has 0 bridgehead atoms. The van der Waals surface area contributed by atoms with Gasteiger partial charge >= 0.3 is 5.97 Å². The number of carbonyl (C=O) groups excluding carboxylic acids is 2. The Morgan fingerprint density at radius 3 is 2.52 bits per heavy atom. The number of hydrogen-bond donors (Lipinski definition) is 1. The van der Waals surface area contributed by atoms with E-state index < -0.39 is 18.5 Å². The Morgan fingerprint density at radius 2 is 1.86 bits per heavy atom. The van der Waals surface area contributed by atoms with Crippen molar-refractivity contribution in [1.82, 2.24) is 9.78 Å². The quantitative estimate of drug-likeness (QED) is 0.646. The number of carbonyl (C=O) groups is 2. The van der Waals surface area contributed by atoms with Gasteiger partial charge in [0, 0.05) is 11.9 Å². The summed E-state index contributed by atoms with van der Waals surface area (Å²) in [4.78, 5) is 37.2. The Bertz CT molecular complexity index is 1150. The summed E-state index contributed by atoms with van der Waals surface area (Å²) < 4.78 is 6.33. The number of aryl methyl sites for hydroxylation is 3. The Labute approximate surface area is 172 Å². The SMILES string of the molecule is CCn1nc(C(=O)OCC(=O)Nc2c(C)cc(C)cc2Cl)c2ccccc2c1=O. The summed E-state index contributed by atoms with van der Waals surface area (Å²) >= 11 is 6.19. The molecule has 3 aromatic rings. The minimum absolute atomic E-state index is 0.0144. The minimum atomic E-state index is -0.787. The number of esters is 1. The van der Waals surface area contributed by atoms with E-state index in [0.717, 1.165) is 11.1 Å². The zero-order chi connectivity index (χ0) is 21.1. The summed E-state index contributed by atoms with van der Waals surface area (Å²) in [6.45, 7) is 5.27. The monoisotopic (exact) mass is 413 g/mol. The van der Waals surface area contributed by atoms with Crippen molar-refractivity contribution >= 4 is 39.9 Å². The van der Waals surface area contributed by atoms with Crippen LogP contribution in [0.1, 0.15) is 28.5 Å². The van der Waals surface area contributed by atoms with Crippen molar-refractivity contribution < 1.29 is 14.3 Å². The van der Waals surface area contributed by atoms with Crippen LogP contribution in [0.15, 0.2) is 41.2 Å². The van der Waals surface area contributed by atoms with E-state index in [1.165, 1.54) is 4.68 Å². The van der Waals surface area contributed by atoms with Crippen LogP contribution < -0.4 is 10.9 Å². The van der Waals surface area contributed by atoms with Gasteiger partial charge in [0.1, 0.15) is 0 Å². The average molecular weight is 414 g/mol. The molecule has 1 N–H and O–H groups in total. The second-order valence-electron chi connectivity index (χ2n) is 6.58. The lowest BCUT2D eigenvalue weighted by Gasteiger charge is -2.12. The molecule has 2 aromatic carbocycles. The molecule has 0 spiro atoms. The summed E-state index contributed by atoms with van der Waals surface area (Å²) in [5.74, 6) is -1.31. The molecule has 8 heteroatoms. The first-order chi connectivity index (χ1) is 13.8. The largest absolute Gasteiger partial charge is 0.451 e. The van der Waals surface area contributed by atoms with E-state index in [-0.39, 0.29) is 11.3 Å². The standard InChI is InChI=1S/C21H20ClN3O4/c1-4-25-20(27)15-8-6-5-7-14(15)19(24-25)21(28)29-11-17(26)23-18-13(3)9-12(2)10-16(18)22/h5-10H,4,11H2,1-3H3,(H,23,26). The van der Waals surface area contributed by atoms with Gasteiger partial charge in [-0.1, -0.05) is 35.9 Å². The van der Waals surface area contributed by atoms with E-state index >= 15 is 0 Å². The number of fused-ring (bicyclic) bond motifs is 1. The van der Waals surface area contributed by atoms with Gasteiger partial charge in [0.15, 0.2) is 12.3 Å². The Kier molecular flexibility index (Phi) is 5.98. The summed E-state index contributed by atoms with van der Waals surface area (Å²) in [6, 6.07) is 10.3. The normalized spacial score (nSPS) is 10.8. The molecule has 0 radical (unpaired) electrons. The fourth-order valence-electron chi connectivity index (χ4n) is 3.05. The molecule has 0 fully saturated rings. The van der Waals surface area contributed by atoms with Gasteiger partial charge in [0.2, 0.25) is 0 Å². The zero-order valence-electron chi connectivity index (χ0n) is 16.3. The molecule has 0 saturated carbocycles. The van der Waals surface area contributed by atoms with Crippen molar-refractivity contribution in [3.63, 3.8) is 0 Å². The molecule has 0 aliphatic carbocycles. The van der Waals surface area contributed by atoms with Crippen LogP contribution in [-0.4, -0.2) is 28.3 Å². The van der Waals surface area contributed by atoms with Crippen molar-refractivity contribution in [1.29, 1.82) is 0 Å². The predicted molar refractivity (Wildman–Crippen MR) is 112 cm³/mol. The minimum Gasteiger partial charge on any atom is -0.451 e. The van der Waals surface area contributed by atoms with Gasteiger partial charge in [0.05, 0.1) is 16.1 Å². The highest BCUT2D eigenvalue weighted by molar-refractivity contribution is 6.34. The number of nitrogens with one attached hydrogen (secondary N) is 1. The smallest absolute Gasteiger partial charge is 0.359 e. The van der Waals surface area contributed by atoms with Gasteiger partial charge in [-0.3, -0.25) is 9.59 Å². The molecule has 7 nitrogen and oxygen atoms in total. The maximum absolute atomic E-state index is 12.6. The van der Waals surface area contributed by atoms with Gasteiger partial charge in [-0.15, -0.1) is 0 Å². The Hall–Kier alpha value is -3.19. The lowest BCUT2D eigenvalue weighted by atomic mass is 10.1. The molecule has 3 rings (SSSR count). The predicted octanol–water partition coefficient (Wildman–Crippen LogP) is 3.48.